The first-order chi connectivity index (χ1) is 7.90. The van der Waals surface area contributed by atoms with Gasteiger partial charge in [0.25, 0.3) is 6.29 Å². The van der Waals surface area contributed by atoms with Crippen molar-refractivity contribution in [2.45, 2.75) is 46.3 Å². The number of hydrogen-bond donors (Lipinski definition) is 0. The highest BCUT2D eigenvalue weighted by Gasteiger charge is 2.37. The van der Waals surface area contributed by atoms with Crippen molar-refractivity contribution in [1.82, 2.24) is 0 Å². The van der Waals surface area contributed by atoms with Crippen LogP contribution in [-0.4, -0.2) is 18.2 Å². The van der Waals surface area contributed by atoms with Crippen molar-refractivity contribution in [3.63, 3.8) is 0 Å². The Balaban J connectivity index is 2.69. The molecule has 5 nitrogen and oxygen atoms in total. The lowest BCUT2D eigenvalue weighted by Gasteiger charge is -2.29. The minimum absolute atomic E-state index is 0.198. The van der Waals surface area contributed by atoms with E-state index in [2.05, 4.69) is 0 Å². The molecular formula is C12H17NO4. The monoisotopic (exact) mass is 239 g/mol. The Hall–Kier alpha value is -1.57. The van der Waals surface area contributed by atoms with Crippen LogP contribution in [0.1, 0.15) is 40.0 Å². The van der Waals surface area contributed by atoms with Gasteiger partial charge in [-0.25, -0.2) is 0 Å². The molecule has 94 valence electrons. The van der Waals surface area contributed by atoms with Gasteiger partial charge >= 0.3 is 11.9 Å². The lowest BCUT2D eigenvalue weighted by molar-refractivity contribution is -0.207. The Morgan fingerprint density at radius 2 is 2.29 bits per heavy atom. The van der Waals surface area contributed by atoms with Gasteiger partial charge in [-0.05, 0) is 26.7 Å². The van der Waals surface area contributed by atoms with Gasteiger partial charge in [0.05, 0.1) is 11.5 Å². The molecule has 0 aromatic carbocycles. The Morgan fingerprint density at radius 3 is 2.82 bits per heavy atom. The number of ether oxygens (including phenoxy) is 2. The first kappa shape index (κ1) is 13.5. The topological polar surface area (TPSA) is 76.4 Å². The molecule has 0 bridgehead atoms. The predicted molar refractivity (Wildman–Crippen MR) is 58.4 cm³/mol. The van der Waals surface area contributed by atoms with Crippen molar-refractivity contribution in [1.29, 1.82) is 5.26 Å². The average molecular weight is 239 g/mol. The molecule has 0 aliphatic carbocycles. The van der Waals surface area contributed by atoms with E-state index in [0.717, 1.165) is 0 Å². The summed E-state index contributed by atoms with van der Waals surface area (Å²) in [6.45, 7) is 5.37. The van der Waals surface area contributed by atoms with Crippen LogP contribution in [0.4, 0.5) is 0 Å². The quantitative estimate of drug-likeness (QED) is 0.701. The fourth-order valence-electron chi connectivity index (χ4n) is 1.32. The average Bonchev–Trinajstić information content (AvgIpc) is 2.29. The molecule has 0 saturated carbocycles. The number of cyclic esters (lactones) is 1. The van der Waals surface area contributed by atoms with E-state index < -0.39 is 29.6 Å². The molecule has 5 heteroatoms. The highest BCUT2D eigenvalue weighted by atomic mass is 16.7. The Bertz CT molecular complexity index is 356. The molecule has 2 atom stereocenters. The molecule has 0 spiro atoms. The van der Waals surface area contributed by atoms with Crippen molar-refractivity contribution in [3.05, 3.63) is 0 Å². The lowest BCUT2D eigenvalue weighted by Crippen LogP contribution is -2.39. The summed E-state index contributed by atoms with van der Waals surface area (Å²) in [5, 5.41) is 8.89. The second kappa shape index (κ2) is 5.17. The fraction of sp³-hybridized carbons (Fsp3) is 0.750. The maximum Gasteiger partial charge on any atom is 0.314 e. The molecule has 1 heterocycles. The molecule has 0 N–H and O–H groups in total. The molecule has 0 radical (unpaired) electrons. The standard InChI is InChI=1S/C12H17NO4/c1-4-12(2,3)11(15)17-10-8(7-13)5-6-9(14)16-10/h8,10H,4-6H2,1-3H3. The maximum absolute atomic E-state index is 11.8. The molecule has 2 unspecified atom stereocenters. The molecule has 1 saturated heterocycles. The van der Waals surface area contributed by atoms with Crippen molar-refractivity contribution < 1.29 is 19.1 Å². The highest BCUT2D eigenvalue weighted by Crippen LogP contribution is 2.27. The van der Waals surface area contributed by atoms with Crippen LogP contribution in [0, 0.1) is 22.7 Å². The normalized spacial score (nSPS) is 24.7. The van der Waals surface area contributed by atoms with E-state index in [1.54, 1.807) is 13.8 Å². The van der Waals surface area contributed by atoms with Gasteiger partial charge in [0.2, 0.25) is 0 Å². The van der Waals surface area contributed by atoms with Crippen LogP contribution in [0.25, 0.3) is 0 Å². The molecule has 0 aromatic rings. The van der Waals surface area contributed by atoms with Gasteiger partial charge in [-0.1, -0.05) is 6.92 Å². The first-order valence-electron chi connectivity index (χ1n) is 5.71. The SMILES string of the molecule is CCC(C)(C)C(=O)OC1OC(=O)CCC1C#N. The molecule has 0 aromatic heterocycles. The van der Waals surface area contributed by atoms with Crippen LogP contribution in [0.15, 0.2) is 0 Å². The second-order valence-electron chi connectivity index (χ2n) is 4.78. The minimum Gasteiger partial charge on any atom is -0.424 e. The van der Waals surface area contributed by atoms with E-state index in [0.29, 0.717) is 12.8 Å². The van der Waals surface area contributed by atoms with Crippen molar-refractivity contribution in [2.75, 3.05) is 0 Å². The predicted octanol–water partition coefficient (Wildman–Crippen LogP) is 1.77. The number of nitrogens with zero attached hydrogens (tertiary/aromatic N) is 1. The van der Waals surface area contributed by atoms with E-state index in [4.69, 9.17) is 14.7 Å². The van der Waals surface area contributed by atoms with E-state index in [9.17, 15) is 9.59 Å². The number of nitriles is 1. The second-order valence-corrected chi connectivity index (χ2v) is 4.78. The van der Waals surface area contributed by atoms with E-state index in [1.807, 2.05) is 13.0 Å². The molecular weight excluding hydrogens is 222 g/mol. The van der Waals surface area contributed by atoms with Crippen LogP contribution >= 0.6 is 0 Å². The number of rotatable bonds is 3. The van der Waals surface area contributed by atoms with Gasteiger partial charge in [0, 0.05) is 6.42 Å². The van der Waals surface area contributed by atoms with Gasteiger partial charge < -0.3 is 9.47 Å². The Morgan fingerprint density at radius 1 is 1.65 bits per heavy atom. The van der Waals surface area contributed by atoms with E-state index in [-0.39, 0.29) is 6.42 Å². The zero-order valence-electron chi connectivity index (χ0n) is 10.4. The van der Waals surface area contributed by atoms with Gasteiger partial charge in [0.1, 0.15) is 5.92 Å². The smallest absolute Gasteiger partial charge is 0.314 e. The fourth-order valence-corrected chi connectivity index (χ4v) is 1.32. The van der Waals surface area contributed by atoms with Crippen LogP contribution in [0.5, 0.6) is 0 Å². The van der Waals surface area contributed by atoms with Crippen LogP contribution in [-0.2, 0) is 19.1 Å². The maximum atomic E-state index is 11.8. The summed E-state index contributed by atoms with van der Waals surface area (Å²) in [6, 6.07) is 1.99. The third-order valence-electron chi connectivity index (χ3n) is 3.06. The molecule has 0 amide bonds. The summed E-state index contributed by atoms with van der Waals surface area (Å²) < 4.78 is 10.0. The van der Waals surface area contributed by atoms with Crippen molar-refractivity contribution in [2.24, 2.45) is 11.3 Å². The number of esters is 2. The minimum atomic E-state index is -1.06. The summed E-state index contributed by atoms with van der Waals surface area (Å²) in [7, 11) is 0. The Labute approximate surface area is 101 Å². The van der Waals surface area contributed by atoms with Crippen LogP contribution in [0.3, 0.4) is 0 Å². The number of hydrogen-bond acceptors (Lipinski definition) is 5. The molecule has 1 aliphatic heterocycles. The third kappa shape index (κ3) is 3.19. The van der Waals surface area contributed by atoms with E-state index >= 15 is 0 Å². The number of carbonyl (C=O) groups excluding carboxylic acids is 2. The highest BCUT2D eigenvalue weighted by molar-refractivity contribution is 5.76. The van der Waals surface area contributed by atoms with Crippen molar-refractivity contribution in [3.8, 4) is 6.07 Å². The molecule has 1 fully saturated rings. The summed E-state index contributed by atoms with van der Waals surface area (Å²) in [5.41, 5.74) is -0.635. The van der Waals surface area contributed by atoms with Crippen LogP contribution < -0.4 is 0 Å². The van der Waals surface area contributed by atoms with E-state index in [1.165, 1.54) is 0 Å². The zero-order chi connectivity index (χ0) is 13.1. The molecule has 1 aliphatic rings. The number of carbonyl (C=O) groups is 2. The first-order valence-corrected chi connectivity index (χ1v) is 5.71. The summed E-state index contributed by atoms with van der Waals surface area (Å²) in [6.07, 6.45) is 0.132. The van der Waals surface area contributed by atoms with Gasteiger partial charge in [-0.3, -0.25) is 9.59 Å². The molecule has 1 rings (SSSR count). The van der Waals surface area contributed by atoms with Crippen molar-refractivity contribution >= 4 is 11.9 Å². The summed E-state index contributed by atoms with van der Waals surface area (Å²) in [4.78, 5) is 22.9. The summed E-state index contributed by atoms with van der Waals surface area (Å²) in [5.74, 6) is -1.44. The van der Waals surface area contributed by atoms with Crippen LogP contribution in [0.2, 0.25) is 0 Å². The van der Waals surface area contributed by atoms with Gasteiger partial charge in [-0.2, -0.15) is 5.26 Å². The van der Waals surface area contributed by atoms with Gasteiger partial charge in [-0.15, -0.1) is 0 Å². The largest absolute Gasteiger partial charge is 0.424 e. The molecule has 17 heavy (non-hydrogen) atoms. The lowest BCUT2D eigenvalue weighted by atomic mass is 9.90. The van der Waals surface area contributed by atoms with Gasteiger partial charge in [0.15, 0.2) is 0 Å². The third-order valence-corrected chi connectivity index (χ3v) is 3.06. The summed E-state index contributed by atoms with van der Waals surface area (Å²) >= 11 is 0. The zero-order valence-corrected chi connectivity index (χ0v) is 10.4. The Kier molecular flexibility index (Phi) is 4.11.